The highest BCUT2D eigenvalue weighted by Gasteiger charge is 2.30. The number of carbonyl (C=O) groups is 2. The molecule has 1 aromatic carbocycles. The van der Waals surface area contributed by atoms with Gasteiger partial charge in [0.25, 0.3) is 0 Å². The van der Waals surface area contributed by atoms with E-state index < -0.39 is 16.0 Å². The van der Waals surface area contributed by atoms with E-state index in [9.17, 15) is 18.0 Å². The van der Waals surface area contributed by atoms with Crippen LogP contribution in [0.4, 0.5) is 0 Å². The van der Waals surface area contributed by atoms with E-state index in [1.54, 1.807) is 17.0 Å². The zero-order valence-electron chi connectivity index (χ0n) is 14.5. The fourth-order valence-corrected chi connectivity index (χ4v) is 4.49. The third-order valence-corrected chi connectivity index (χ3v) is 5.90. The summed E-state index contributed by atoms with van der Waals surface area (Å²) in [7, 11) is -3.24. The number of carboxylic acid groups (broad SMARTS) is 1. The van der Waals surface area contributed by atoms with Gasteiger partial charge in [-0.15, -0.1) is 0 Å². The average molecular weight is 368 g/mol. The number of likely N-dealkylation sites (tertiary alicyclic amines) is 1. The SMILES string of the molecule is CCN(C1CCN(C(=O)Cc2cccc(C(=O)O)c2)CC1)S(C)(=O)=O. The van der Waals surface area contributed by atoms with Crippen LogP contribution in [0.3, 0.4) is 0 Å². The number of nitrogens with zero attached hydrogens (tertiary/aromatic N) is 2. The van der Waals surface area contributed by atoms with Gasteiger partial charge in [-0.1, -0.05) is 19.1 Å². The molecule has 0 aliphatic carbocycles. The third kappa shape index (κ3) is 5.02. The topological polar surface area (TPSA) is 95.0 Å². The Hall–Kier alpha value is -1.93. The van der Waals surface area contributed by atoms with Crippen molar-refractivity contribution in [3.05, 3.63) is 35.4 Å². The Balaban J connectivity index is 1.95. The summed E-state index contributed by atoms with van der Waals surface area (Å²) in [5, 5.41) is 9.01. The van der Waals surface area contributed by atoms with Gasteiger partial charge in [-0.25, -0.2) is 13.2 Å². The Morgan fingerprint density at radius 3 is 2.44 bits per heavy atom. The minimum absolute atomic E-state index is 0.0663. The summed E-state index contributed by atoms with van der Waals surface area (Å²) in [4.78, 5) is 25.2. The van der Waals surface area contributed by atoms with E-state index in [2.05, 4.69) is 0 Å². The number of carbonyl (C=O) groups excluding carboxylic acids is 1. The van der Waals surface area contributed by atoms with Crippen molar-refractivity contribution in [2.24, 2.45) is 0 Å². The maximum absolute atomic E-state index is 12.4. The molecule has 138 valence electrons. The lowest BCUT2D eigenvalue weighted by Gasteiger charge is -2.37. The number of aromatic carboxylic acids is 1. The van der Waals surface area contributed by atoms with Gasteiger partial charge in [-0.05, 0) is 30.5 Å². The highest BCUT2D eigenvalue weighted by atomic mass is 32.2. The first-order valence-corrected chi connectivity index (χ1v) is 10.1. The van der Waals surface area contributed by atoms with E-state index in [4.69, 9.17) is 5.11 Å². The van der Waals surface area contributed by atoms with Crippen molar-refractivity contribution in [2.45, 2.75) is 32.2 Å². The standard InChI is InChI=1S/C17H24N2O5S/c1-3-19(25(2,23)24)15-7-9-18(10-8-15)16(20)12-13-5-4-6-14(11-13)17(21)22/h4-6,11,15H,3,7-10,12H2,1-2H3,(H,21,22). The monoisotopic (exact) mass is 368 g/mol. The predicted molar refractivity (Wildman–Crippen MR) is 93.9 cm³/mol. The van der Waals surface area contributed by atoms with E-state index in [1.807, 2.05) is 6.92 Å². The molecule has 7 nitrogen and oxygen atoms in total. The summed E-state index contributed by atoms with van der Waals surface area (Å²) >= 11 is 0. The molecule has 0 saturated carbocycles. The Bertz CT molecular complexity index is 739. The summed E-state index contributed by atoms with van der Waals surface area (Å²) < 4.78 is 25.1. The summed E-state index contributed by atoms with van der Waals surface area (Å²) in [5.74, 6) is -1.08. The van der Waals surface area contributed by atoms with Crippen molar-refractivity contribution >= 4 is 21.9 Å². The van der Waals surface area contributed by atoms with Gasteiger partial charge in [0, 0.05) is 25.7 Å². The van der Waals surface area contributed by atoms with Crippen LogP contribution in [-0.4, -0.2) is 66.5 Å². The molecule has 1 aromatic rings. The molecular weight excluding hydrogens is 344 g/mol. The zero-order valence-corrected chi connectivity index (χ0v) is 15.3. The first-order chi connectivity index (χ1) is 11.7. The van der Waals surface area contributed by atoms with Crippen LogP contribution in [0.2, 0.25) is 0 Å². The largest absolute Gasteiger partial charge is 0.478 e. The van der Waals surface area contributed by atoms with Crippen molar-refractivity contribution in [3.63, 3.8) is 0 Å². The van der Waals surface area contributed by atoms with Crippen molar-refractivity contribution in [3.8, 4) is 0 Å². The molecular formula is C17H24N2O5S. The smallest absolute Gasteiger partial charge is 0.335 e. The Morgan fingerprint density at radius 1 is 1.28 bits per heavy atom. The first-order valence-electron chi connectivity index (χ1n) is 8.29. The molecule has 1 fully saturated rings. The lowest BCUT2D eigenvalue weighted by Crippen LogP contribution is -2.48. The van der Waals surface area contributed by atoms with Crippen molar-refractivity contribution in [2.75, 3.05) is 25.9 Å². The average Bonchev–Trinajstić information content (AvgIpc) is 2.55. The number of rotatable bonds is 6. The van der Waals surface area contributed by atoms with Gasteiger partial charge in [0.05, 0.1) is 18.2 Å². The van der Waals surface area contributed by atoms with Gasteiger partial charge < -0.3 is 10.0 Å². The fraction of sp³-hybridized carbons (Fsp3) is 0.529. The second-order valence-electron chi connectivity index (χ2n) is 6.26. The molecule has 1 N–H and O–H groups in total. The summed E-state index contributed by atoms with van der Waals surface area (Å²) in [6.45, 7) is 3.26. The summed E-state index contributed by atoms with van der Waals surface area (Å²) in [6, 6.07) is 6.30. The van der Waals surface area contributed by atoms with Gasteiger partial charge >= 0.3 is 5.97 Å². The molecule has 25 heavy (non-hydrogen) atoms. The Kier molecular flexibility index (Phi) is 6.18. The summed E-state index contributed by atoms with van der Waals surface area (Å²) in [6.07, 6.45) is 2.59. The fourth-order valence-electron chi connectivity index (χ4n) is 3.27. The van der Waals surface area contributed by atoms with Gasteiger partial charge in [0.2, 0.25) is 15.9 Å². The minimum Gasteiger partial charge on any atom is -0.478 e. The Morgan fingerprint density at radius 2 is 1.92 bits per heavy atom. The highest BCUT2D eigenvalue weighted by Crippen LogP contribution is 2.20. The van der Waals surface area contributed by atoms with Crippen molar-refractivity contribution < 1.29 is 23.1 Å². The molecule has 1 heterocycles. The number of carboxylic acids is 1. The molecule has 8 heteroatoms. The van der Waals surface area contributed by atoms with Crippen LogP contribution in [0.5, 0.6) is 0 Å². The molecule has 0 bridgehead atoms. The van der Waals surface area contributed by atoms with Crippen LogP contribution < -0.4 is 0 Å². The molecule has 0 spiro atoms. The number of piperidine rings is 1. The van der Waals surface area contributed by atoms with E-state index >= 15 is 0 Å². The number of benzene rings is 1. The quantitative estimate of drug-likeness (QED) is 0.814. The minimum atomic E-state index is -3.24. The normalized spacial score (nSPS) is 16.2. The number of amides is 1. The van der Waals surface area contributed by atoms with Gasteiger partial charge in [0.1, 0.15) is 0 Å². The number of hydrogen-bond acceptors (Lipinski definition) is 4. The first kappa shape index (κ1) is 19.4. The molecule has 0 atom stereocenters. The van der Waals surface area contributed by atoms with Crippen LogP contribution in [0, 0.1) is 0 Å². The van der Waals surface area contributed by atoms with Crippen LogP contribution in [0.25, 0.3) is 0 Å². The highest BCUT2D eigenvalue weighted by molar-refractivity contribution is 7.88. The number of hydrogen-bond donors (Lipinski definition) is 1. The van der Waals surface area contributed by atoms with Crippen molar-refractivity contribution in [1.29, 1.82) is 0 Å². The van der Waals surface area contributed by atoms with Crippen LogP contribution in [-0.2, 0) is 21.2 Å². The van der Waals surface area contributed by atoms with Crippen LogP contribution >= 0.6 is 0 Å². The second-order valence-corrected chi connectivity index (χ2v) is 8.20. The molecule has 1 saturated heterocycles. The molecule has 0 unspecified atom stereocenters. The Labute approximate surface area is 148 Å². The lowest BCUT2D eigenvalue weighted by molar-refractivity contribution is -0.131. The molecule has 2 rings (SSSR count). The molecule has 1 amide bonds. The van der Waals surface area contributed by atoms with Gasteiger partial charge in [-0.3, -0.25) is 4.79 Å². The number of sulfonamides is 1. The maximum atomic E-state index is 12.4. The second kappa shape index (κ2) is 7.97. The molecule has 0 radical (unpaired) electrons. The maximum Gasteiger partial charge on any atom is 0.335 e. The van der Waals surface area contributed by atoms with E-state index in [-0.39, 0.29) is 23.9 Å². The molecule has 1 aliphatic heterocycles. The predicted octanol–water partition coefficient (Wildman–Crippen LogP) is 1.20. The summed E-state index contributed by atoms with van der Waals surface area (Å²) in [5.41, 5.74) is 0.828. The third-order valence-electron chi connectivity index (χ3n) is 4.49. The molecule has 0 aromatic heterocycles. The lowest BCUT2D eigenvalue weighted by atomic mass is 10.0. The van der Waals surface area contributed by atoms with Crippen LogP contribution in [0.15, 0.2) is 24.3 Å². The zero-order chi connectivity index (χ0) is 18.6. The van der Waals surface area contributed by atoms with E-state index in [1.165, 1.54) is 22.7 Å². The van der Waals surface area contributed by atoms with Crippen molar-refractivity contribution in [1.82, 2.24) is 9.21 Å². The van der Waals surface area contributed by atoms with E-state index in [0.717, 1.165) is 0 Å². The van der Waals surface area contributed by atoms with E-state index in [0.29, 0.717) is 38.0 Å². The van der Waals surface area contributed by atoms with Gasteiger partial charge in [-0.2, -0.15) is 4.31 Å². The van der Waals surface area contributed by atoms with Gasteiger partial charge in [0.15, 0.2) is 0 Å². The molecule has 1 aliphatic rings. The van der Waals surface area contributed by atoms with Crippen LogP contribution in [0.1, 0.15) is 35.7 Å².